The molecule has 1 aromatic carbocycles. The van der Waals surface area contributed by atoms with Crippen LogP contribution >= 0.6 is 23.2 Å². The zero-order chi connectivity index (χ0) is 22.2. The Balaban J connectivity index is 1.47. The molecule has 32 heavy (non-hydrogen) atoms. The zero-order valence-corrected chi connectivity index (χ0v) is 18.1. The molecule has 10 heteroatoms. The van der Waals surface area contributed by atoms with E-state index in [9.17, 15) is 4.79 Å². The molecule has 1 aliphatic carbocycles. The molecule has 0 amide bonds. The second kappa shape index (κ2) is 8.19. The highest BCUT2D eigenvalue weighted by Crippen LogP contribution is 2.33. The van der Waals surface area contributed by atoms with Crippen LogP contribution in [0.25, 0.3) is 16.6 Å². The van der Waals surface area contributed by atoms with Gasteiger partial charge in [0.05, 0.1) is 38.3 Å². The highest BCUT2D eigenvalue weighted by Gasteiger charge is 2.29. The molecule has 1 N–H and O–H groups in total. The summed E-state index contributed by atoms with van der Waals surface area (Å²) < 4.78 is 1.56. The number of nitrogens with zero attached hydrogens (tertiary/aromatic N) is 6. The Morgan fingerprint density at radius 1 is 1.19 bits per heavy atom. The number of hydrogen-bond acceptors (Lipinski definition) is 7. The summed E-state index contributed by atoms with van der Waals surface area (Å²) in [5.41, 5.74) is 2.16. The lowest BCUT2D eigenvalue weighted by Gasteiger charge is -2.07. The van der Waals surface area contributed by atoms with Gasteiger partial charge in [-0.05, 0) is 31.0 Å². The molecule has 158 valence electrons. The second-order valence-corrected chi connectivity index (χ2v) is 8.32. The maximum atomic E-state index is 12.1. The van der Waals surface area contributed by atoms with Gasteiger partial charge < -0.3 is 5.32 Å². The van der Waals surface area contributed by atoms with E-state index in [2.05, 4.69) is 25.4 Å². The number of benzene rings is 1. The first-order valence-corrected chi connectivity index (χ1v) is 10.6. The Labute approximate surface area is 192 Å². The van der Waals surface area contributed by atoms with Gasteiger partial charge in [0.2, 0.25) is 0 Å². The first kappa shape index (κ1) is 20.4. The minimum absolute atomic E-state index is 0.184. The zero-order valence-electron chi connectivity index (χ0n) is 16.6. The molecular formula is C22H15Cl2N7O. The molecule has 0 spiro atoms. The van der Waals surface area contributed by atoms with Crippen molar-refractivity contribution in [3.05, 3.63) is 64.3 Å². The van der Waals surface area contributed by atoms with E-state index in [4.69, 9.17) is 28.5 Å². The fourth-order valence-electron chi connectivity index (χ4n) is 3.42. The number of nitriles is 1. The highest BCUT2D eigenvalue weighted by molar-refractivity contribution is 6.38. The third-order valence-corrected chi connectivity index (χ3v) is 5.74. The monoisotopic (exact) mass is 463 g/mol. The summed E-state index contributed by atoms with van der Waals surface area (Å²) in [4.78, 5) is 25.0. The molecular weight excluding hydrogens is 449 g/mol. The molecule has 0 aliphatic heterocycles. The van der Waals surface area contributed by atoms with Gasteiger partial charge in [0.1, 0.15) is 29.4 Å². The molecule has 8 nitrogen and oxygen atoms in total. The minimum atomic E-state index is 0.184. The Morgan fingerprint density at radius 2 is 1.97 bits per heavy atom. The molecule has 5 rings (SSSR count). The first-order valence-electron chi connectivity index (χ1n) is 9.86. The van der Waals surface area contributed by atoms with Crippen molar-refractivity contribution in [3.8, 4) is 11.8 Å². The number of aromatic nitrogens is 5. The number of Topliss-reactive ketones (excluding diaryl/α,β-unsaturated/α-hetero) is 1. The summed E-state index contributed by atoms with van der Waals surface area (Å²) in [6, 6.07) is 8.62. The normalized spacial score (nSPS) is 13.2. The van der Waals surface area contributed by atoms with Crippen LogP contribution in [0.3, 0.4) is 0 Å². The van der Waals surface area contributed by atoms with Gasteiger partial charge in [-0.15, -0.1) is 0 Å². The summed E-state index contributed by atoms with van der Waals surface area (Å²) in [6.07, 6.45) is 7.05. The van der Waals surface area contributed by atoms with E-state index < -0.39 is 0 Å². The third kappa shape index (κ3) is 4.00. The van der Waals surface area contributed by atoms with Gasteiger partial charge >= 0.3 is 0 Å². The molecule has 1 aliphatic rings. The molecule has 1 fully saturated rings. The molecule has 3 heterocycles. The van der Waals surface area contributed by atoms with Crippen LogP contribution in [0, 0.1) is 17.2 Å². The van der Waals surface area contributed by atoms with Gasteiger partial charge in [0.25, 0.3) is 0 Å². The third-order valence-electron chi connectivity index (χ3n) is 5.17. The average molecular weight is 464 g/mol. The number of carbonyl (C=O) groups is 1. The highest BCUT2D eigenvalue weighted by atomic mass is 35.5. The van der Waals surface area contributed by atoms with Crippen molar-refractivity contribution < 1.29 is 4.79 Å². The predicted octanol–water partition coefficient (Wildman–Crippen LogP) is 4.65. The van der Waals surface area contributed by atoms with E-state index in [1.165, 1.54) is 18.5 Å². The van der Waals surface area contributed by atoms with Crippen molar-refractivity contribution >= 4 is 51.5 Å². The number of carbonyl (C=O) groups excluding carboxylic acids is 1. The number of fused-ring (bicyclic) bond motifs is 1. The Kier molecular flexibility index (Phi) is 5.21. The molecule has 1 saturated carbocycles. The topological polar surface area (TPSA) is 109 Å². The minimum Gasteiger partial charge on any atom is -0.324 e. The van der Waals surface area contributed by atoms with Gasteiger partial charge in [0, 0.05) is 30.8 Å². The fraction of sp³-hybridized carbons (Fsp3) is 0.182. The van der Waals surface area contributed by atoms with E-state index >= 15 is 0 Å². The van der Waals surface area contributed by atoms with Gasteiger partial charge in [-0.2, -0.15) is 10.4 Å². The van der Waals surface area contributed by atoms with Crippen molar-refractivity contribution in [1.29, 1.82) is 5.26 Å². The Morgan fingerprint density at radius 3 is 2.69 bits per heavy atom. The van der Waals surface area contributed by atoms with Crippen LogP contribution in [0.4, 0.5) is 11.6 Å². The number of pyridine rings is 1. The first-order chi connectivity index (χ1) is 15.5. The van der Waals surface area contributed by atoms with E-state index in [1.807, 2.05) is 6.07 Å². The van der Waals surface area contributed by atoms with Crippen molar-refractivity contribution in [3.63, 3.8) is 0 Å². The van der Waals surface area contributed by atoms with Crippen molar-refractivity contribution in [2.75, 3.05) is 5.32 Å². The summed E-state index contributed by atoms with van der Waals surface area (Å²) in [6.45, 7) is 0. The molecule has 0 saturated heterocycles. The van der Waals surface area contributed by atoms with Crippen LogP contribution in [-0.2, 0) is 11.2 Å². The lowest BCUT2D eigenvalue weighted by molar-refractivity contribution is -0.119. The van der Waals surface area contributed by atoms with Crippen LogP contribution < -0.4 is 5.32 Å². The molecule has 0 atom stereocenters. The largest absolute Gasteiger partial charge is 0.324 e. The summed E-state index contributed by atoms with van der Waals surface area (Å²) in [5, 5.41) is 18.2. The molecule has 0 unspecified atom stereocenters. The van der Waals surface area contributed by atoms with Crippen LogP contribution in [-0.4, -0.2) is 30.5 Å². The van der Waals surface area contributed by atoms with E-state index in [0.717, 1.165) is 18.2 Å². The Hall–Kier alpha value is -3.54. The number of hydrogen-bond donors (Lipinski definition) is 1. The summed E-state index contributed by atoms with van der Waals surface area (Å²) >= 11 is 12.7. The number of rotatable bonds is 6. The van der Waals surface area contributed by atoms with Crippen LogP contribution in [0.5, 0.6) is 0 Å². The van der Waals surface area contributed by atoms with Crippen molar-refractivity contribution in [2.45, 2.75) is 19.3 Å². The SMILES string of the molecule is N#Cc1cc(Cl)c(-n2cc3c(Nc4cc(CC(=O)C5CC5)ncn4)nccc3n2)c(Cl)c1. The Bertz CT molecular complexity index is 1380. The summed E-state index contributed by atoms with van der Waals surface area (Å²) in [5.74, 6) is 1.46. The number of halogens is 2. The fourth-order valence-corrected chi connectivity index (χ4v) is 4.08. The lowest BCUT2D eigenvalue weighted by Crippen LogP contribution is -2.07. The predicted molar refractivity (Wildman–Crippen MR) is 120 cm³/mol. The van der Waals surface area contributed by atoms with Gasteiger partial charge in [-0.1, -0.05) is 23.2 Å². The van der Waals surface area contributed by atoms with Crippen LogP contribution in [0.15, 0.2) is 43.0 Å². The maximum Gasteiger partial charge on any atom is 0.142 e. The average Bonchev–Trinajstić information content (AvgIpc) is 3.53. The van der Waals surface area contributed by atoms with E-state index in [1.54, 1.807) is 29.2 Å². The number of ketones is 1. The second-order valence-electron chi connectivity index (χ2n) is 7.50. The van der Waals surface area contributed by atoms with Crippen molar-refractivity contribution in [2.24, 2.45) is 5.92 Å². The van der Waals surface area contributed by atoms with Gasteiger partial charge in [0.15, 0.2) is 0 Å². The van der Waals surface area contributed by atoms with Crippen LogP contribution in [0.1, 0.15) is 24.1 Å². The van der Waals surface area contributed by atoms with E-state index in [-0.39, 0.29) is 11.7 Å². The molecule has 0 bridgehead atoms. The maximum absolute atomic E-state index is 12.1. The lowest BCUT2D eigenvalue weighted by atomic mass is 10.1. The molecule has 0 radical (unpaired) electrons. The summed E-state index contributed by atoms with van der Waals surface area (Å²) in [7, 11) is 0. The standard InChI is InChI=1S/C22H15Cl2N7O/c23-16-5-12(9-25)6-17(24)21(16)31-10-15-18(30-31)3-4-26-22(15)29-20-8-14(27-11-28-20)7-19(32)13-1-2-13/h3-6,8,10-11,13H,1-2,7H2,(H,26,27,28,29). The number of anilines is 2. The van der Waals surface area contributed by atoms with E-state index in [0.29, 0.717) is 50.6 Å². The molecule has 4 aromatic rings. The van der Waals surface area contributed by atoms with Crippen LogP contribution in [0.2, 0.25) is 10.0 Å². The van der Waals surface area contributed by atoms with Gasteiger partial charge in [-0.25, -0.2) is 19.6 Å². The smallest absolute Gasteiger partial charge is 0.142 e. The molecule has 3 aromatic heterocycles. The quantitative estimate of drug-likeness (QED) is 0.442. The van der Waals surface area contributed by atoms with Crippen molar-refractivity contribution in [1.82, 2.24) is 24.7 Å². The number of nitrogens with one attached hydrogen (secondary N) is 1. The van der Waals surface area contributed by atoms with Gasteiger partial charge in [-0.3, -0.25) is 4.79 Å².